The van der Waals surface area contributed by atoms with E-state index in [-0.39, 0.29) is 18.6 Å². The van der Waals surface area contributed by atoms with Gasteiger partial charge in [-0.15, -0.1) is 0 Å². The van der Waals surface area contributed by atoms with Crippen LogP contribution in [0.15, 0.2) is 18.2 Å². The Labute approximate surface area is 114 Å². The average Bonchev–Trinajstić information content (AvgIpc) is 2.56. The summed E-state index contributed by atoms with van der Waals surface area (Å²) in [4.78, 5) is 14.4. The molecule has 104 valence electrons. The fourth-order valence-electron chi connectivity index (χ4n) is 2.50. The van der Waals surface area contributed by atoms with Gasteiger partial charge in [-0.05, 0) is 50.4 Å². The molecule has 0 radical (unpaired) electrons. The topological polar surface area (TPSA) is 52.6 Å². The number of anilines is 1. The molecule has 0 bridgehead atoms. The third-order valence-corrected chi connectivity index (χ3v) is 3.59. The van der Waals surface area contributed by atoms with Crippen LogP contribution in [-0.2, 0) is 4.79 Å². The van der Waals surface area contributed by atoms with Gasteiger partial charge in [-0.2, -0.15) is 0 Å². The van der Waals surface area contributed by atoms with Gasteiger partial charge in [0.2, 0.25) is 5.91 Å². The third kappa shape index (κ3) is 3.14. The van der Waals surface area contributed by atoms with E-state index in [1.807, 2.05) is 18.7 Å². The smallest absolute Gasteiger partial charge is 0.244 e. The second-order valence-electron chi connectivity index (χ2n) is 5.15. The summed E-state index contributed by atoms with van der Waals surface area (Å²) in [6, 6.07) is 5.91. The molecule has 1 fully saturated rings. The van der Waals surface area contributed by atoms with Crippen molar-refractivity contribution in [3.05, 3.63) is 29.3 Å². The number of aryl methyl sites for hydroxylation is 2. The van der Waals surface area contributed by atoms with Crippen LogP contribution < -0.4 is 10.2 Å². The summed E-state index contributed by atoms with van der Waals surface area (Å²) in [6.07, 6.45) is 1.40. The van der Waals surface area contributed by atoms with Crippen molar-refractivity contribution in [3.8, 4) is 0 Å². The zero-order valence-corrected chi connectivity index (χ0v) is 11.6. The Morgan fingerprint density at radius 3 is 2.95 bits per heavy atom. The average molecular weight is 262 g/mol. The van der Waals surface area contributed by atoms with Crippen molar-refractivity contribution in [2.45, 2.75) is 32.7 Å². The van der Waals surface area contributed by atoms with Crippen molar-refractivity contribution < 1.29 is 9.90 Å². The molecule has 0 aromatic heterocycles. The minimum atomic E-state index is -0.271. The number of nitrogens with one attached hydrogen (secondary N) is 1. The number of hydrogen-bond acceptors (Lipinski definition) is 3. The summed E-state index contributed by atoms with van der Waals surface area (Å²) in [5.41, 5.74) is 3.27. The SMILES string of the molecule is Cc1ccc(C)c(N2CCCNC(CCO)C2=O)c1. The van der Waals surface area contributed by atoms with Crippen LogP contribution in [0.5, 0.6) is 0 Å². The van der Waals surface area contributed by atoms with Gasteiger partial charge in [0.05, 0.1) is 6.04 Å². The molecule has 1 atom stereocenters. The maximum absolute atomic E-state index is 12.6. The lowest BCUT2D eigenvalue weighted by Crippen LogP contribution is -2.44. The van der Waals surface area contributed by atoms with Crippen LogP contribution in [0.3, 0.4) is 0 Å². The second-order valence-corrected chi connectivity index (χ2v) is 5.15. The molecule has 1 saturated heterocycles. The summed E-state index contributed by atoms with van der Waals surface area (Å²) in [5, 5.41) is 12.3. The Bertz CT molecular complexity index is 459. The Morgan fingerprint density at radius 1 is 1.42 bits per heavy atom. The summed E-state index contributed by atoms with van der Waals surface area (Å²) >= 11 is 0. The molecular weight excluding hydrogens is 240 g/mol. The van der Waals surface area contributed by atoms with E-state index in [1.54, 1.807) is 0 Å². The number of aliphatic hydroxyl groups is 1. The van der Waals surface area contributed by atoms with Gasteiger partial charge in [0.15, 0.2) is 0 Å². The first-order chi connectivity index (χ1) is 9.13. The molecule has 2 rings (SSSR count). The molecule has 19 heavy (non-hydrogen) atoms. The van der Waals surface area contributed by atoms with E-state index in [9.17, 15) is 4.79 Å². The summed E-state index contributed by atoms with van der Waals surface area (Å²) in [6.45, 7) is 5.65. The molecule has 4 nitrogen and oxygen atoms in total. The highest BCUT2D eigenvalue weighted by molar-refractivity contribution is 5.98. The van der Waals surface area contributed by atoms with Crippen LogP contribution in [0, 0.1) is 13.8 Å². The summed E-state index contributed by atoms with van der Waals surface area (Å²) < 4.78 is 0. The van der Waals surface area contributed by atoms with Crippen molar-refractivity contribution in [1.29, 1.82) is 0 Å². The first-order valence-corrected chi connectivity index (χ1v) is 6.86. The van der Waals surface area contributed by atoms with Crippen molar-refractivity contribution in [2.75, 3.05) is 24.6 Å². The van der Waals surface area contributed by atoms with E-state index in [0.717, 1.165) is 36.3 Å². The lowest BCUT2D eigenvalue weighted by Gasteiger charge is -2.26. The lowest BCUT2D eigenvalue weighted by atomic mass is 10.1. The van der Waals surface area contributed by atoms with E-state index in [4.69, 9.17) is 5.11 Å². The van der Waals surface area contributed by atoms with Gasteiger partial charge >= 0.3 is 0 Å². The highest BCUT2D eigenvalue weighted by Gasteiger charge is 2.27. The van der Waals surface area contributed by atoms with Crippen LogP contribution >= 0.6 is 0 Å². The van der Waals surface area contributed by atoms with Gasteiger partial charge in [-0.25, -0.2) is 0 Å². The van der Waals surface area contributed by atoms with Gasteiger partial charge in [0.1, 0.15) is 0 Å². The Morgan fingerprint density at radius 2 is 2.21 bits per heavy atom. The number of aliphatic hydroxyl groups excluding tert-OH is 1. The van der Waals surface area contributed by atoms with E-state index < -0.39 is 0 Å². The number of nitrogens with zero attached hydrogens (tertiary/aromatic N) is 1. The maximum atomic E-state index is 12.6. The zero-order chi connectivity index (χ0) is 13.8. The number of carbonyl (C=O) groups is 1. The molecule has 1 amide bonds. The molecule has 2 N–H and O–H groups in total. The molecule has 4 heteroatoms. The third-order valence-electron chi connectivity index (χ3n) is 3.59. The number of carbonyl (C=O) groups excluding carboxylic acids is 1. The molecule has 1 heterocycles. The van der Waals surface area contributed by atoms with Gasteiger partial charge in [0, 0.05) is 18.8 Å². The first kappa shape index (κ1) is 14.0. The Hall–Kier alpha value is -1.39. The normalized spacial score (nSPS) is 20.5. The molecule has 1 aromatic rings. The molecule has 1 aliphatic heterocycles. The van der Waals surface area contributed by atoms with E-state index >= 15 is 0 Å². The first-order valence-electron chi connectivity index (χ1n) is 6.86. The predicted molar refractivity (Wildman–Crippen MR) is 76.4 cm³/mol. The second kappa shape index (κ2) is 6.17. The molecule has 0 spiro atoms. The maximum Gasteiger partial charge on any atom is 0.244 e. The summed E-state index contributed by atoms with van der Waals surface area (Å²) in [5.74, 6) is 0.0697. The molecule has 0 saturated carbocycles. The highest BCUT2D eigenvalue weighted by Crippen LogP contribution is 2.23. The van der Waals surface area contributed by atoms with Gasteiger partial charge in [-0.3, -0.25) is 4.79 Å². The highest BCUT2D eigenvalue weighted by atomic mass is 16.3. The minimum Gasteiger partial charge on any atom is -0.396 e. The number of benzene rings is 1. The van der Waals surface area contributed by atoms with Crippen molar-refractivity contribution in [2.24, 2.45) is 0 Å². The number of amides is 1. The number of rotatable bonds is 3. The van der Waals surface area contributed by atoms with Crippen LogP contribution in [0.2, 0.25) is 0 Å². The monoisotopic (exact) mass is 262 g/mol. The fraction of sp³-hybridized carbons (Fsp3) is 0.533. The van der Waals surface area contributed by atoms with E-state index in [1.165, 1.54) is 0 Å². The fourth-order valence-corrected chi connectivity index (χ4v) is 2.50. The van der Waals surface area contributed by atoms with E-state index in [0.29, 0.717) is 6.42 Å². The van der Waals surface area contributed by atoms with Crippen LogP contribution in [0.25, 0.3) is 0 Å². The van der Waals surface area contributed by atoms with Crippen molar-refractivity contribution >= 4 is 11.6 Å². The predicted octanol–water partition coefficient (Wildman–Crippen LogP) is 1.38. The van der Waals surface area contributed by atoms with Gasteiger partial charge < -0.3 is 15.3 Å². The molecule has 1 unspecified atom stereocenters. The minimum absolute atomic E-state index is 0.0318. The Kier molecular flexibility index (Phi) is 4.56. The lowest BCUT2D eigenvalue weighted by molar-refractivity contribution is -0.120. The van der Waals surface area contributed by atoms with Crippen LogP contribution in [0.4, 0.5) is 5.69 Å². The van der Waals surface area contributed by atoms with Crippen LogP contribution in [0.1, 0.15) is 24.0 Å². The number of hydrogen-bond donors (Lipinski definition) is 2. The standard InChI is InChI=1S/C15H22N2O2/c1-11-4-5-12(2)14(10-11)17-8-3-7-16-13(6-9-18)15(17)19/h4-5,10,13,16,18H,3,6-9H2,1-2H3. The molecular formula is C15H22N2O2. The zero-order valence-electron chi connectivity index (χ0n) is 11.6. The largest absolute Gasteiger partial charge is 0.396 e. The van der Waals surface area contributed by atoms with E-state index in [2.05, 4.69) is 23.5 Å². The van der Waals surface area contributed by atoms with Crippen molar-refractivity contribution in [1.82, 2.24) is 5.32 Å². The summed E-state index contributed by atoms with van der Waals surface area (Å²) in [7, 11) is 0. The molecule has 0 aliphatic carbocycles. The van der Waals surface area contributed by atoms with Gasteiger partial charge in [0.25, 0.3) is 0 Å². The van der Waals surface area contributed by atoms with Crippen molar-refractivity contribution in [3.63, 3.8) is 0 Å². The van der Waals surface area contributed by atoms with Gasteiger partial charge in [-0.1, -0.05) is 12.1 Å². The quantitative estimate of drug-likeness (QED) is 0.865. The molecule has 1 aliphatic rings. The van der Waals surface area contributed by atoms with Crippen LogP contribution in [-0.4, -0.2) is 36.8 Å². The Balaban J connectivity index is 2.30. The molecule has 1 aromatic carbocycles.